The number of halogens is 1. The highest BCUT2D eigenvalue weighted by atomic mass is 79.9. The highest BCUT2D eigenvalue weighted by molar-refractivity contribution is 9.09. The predicted octanol–water partition coefficient (Wildman–Crippen LogP) is 0.679. The summed E-state index contributed by atoms with van der Waals surface area (Å²) in [5, 5.41) is 0.650. The van der Waals surface area contributed by atoms with Crippen molar-refractivity contribution >= 4 is 26.0 Å². The first-order valence-electron chi connectivity index (χ1n) is 4.12. The molecule has 0 aromatic heterocycles. The Morgan fingerprint density at radius 2 is 2.08 bits per heavy atom. The Labute approximate surface area is 88.4 Å². The third kappa shape index (κ3) is 5.61. The van der Waals surface area contributed by atoms with Gasteiger partial charge in [0, 0.05) is 25.5 Å². The number of rotatable bonds is 7. The summed E-state index contributed by atoms with van der Waals surface area (Å²) >= 11 is 3.19. The lowest BCUT2D eigenvalue weighted by Gasteiger charge is -2.15. The van der Waals surface area contributed by atoms with Crippen LogP contribution in [0.3, 0.4) is 0 Å². The van der Waals surface area contributed by atoms with Gasteiger partial charge in [0.1, 0.15) is 0 Å². The van der Waals surface area contributed by atoms with Gasteiger partial charge in [0.05, 0.1) is 12.4 Å². The van der Waals surface area contributed by atoms with Crippen LogP contribution < -0.4 is 0 Å². The van der Waals surface area contributed by atoms with Gasteiger partial charge in [-0.1, -0.05) is 15.9 Å². The van der Waals surface area contributed by atoms with E-state index >= 15 is 0 Å². The minimum Gasteiger partial charge on any atom is -0.381 e. The van der Waals surface area contributed by atoms with Crippen molar-refractivity contribution in [3.8, 4) is 0 Å². The summed E-state index contributed by atoms with van der Waals surface area (Å²) in [6.07, 6.45) is 0. The van der Waals surface area contributed by atoms with Gasteiger partial charge < -0.3 is 4.74 Å². The zero-order valence-electron chi connectivity index (χ0n) is 7.99. The molecule has 0 aromatic carbocycles. The molecule has 0 rings (SSSR count). The Morgan fingerprint density at radius 1 is 1.46 bits per heavy atom. The van der Waals surface area contributed by atoms with Crippen molar-refractivity contribution < 1.29 is 13.2 Å². The zero-order valence-corrected chi connectivity index (χ0v) is 10.4. The lowest BCUT2D eigenvalue weighted by Crippen LogP contribution is -2.32. The molecule has 0 spiro atoms. The van der Waals surface area contributed by atoms with Gasteiger partial charge in [-0.25, -0.2) is 12.7 Å². The van der Waals surface area contributed by atoms with Crippen LogP contribution in [0.5, 0.6) is 0 Å². The first-order chi connectivity index (χ1) is 6.04. The van der Waals surface area contributed by atoms with Crippen LogP contribution in [0, 0.1) is 0 Å². The molecule has 0 aromatic rings. The Kier molecular flexibility index (Phi) is 6.93. The second-order valence-corrected chi connectivity index (χ2v) is 5.51. The molecule has 0 aliphatic rings. The summed E-state index contributed by atoms with van der Waals surface area (Å²) in [5.41, 5.74) is 0. The van der Waals surface area contributed by atoms with Gasteiger partial charge in [-0.05, 0) is 6.92 Å². The fourth-order valence-corrected chi connectivity index (χ4v) is 2.50. The van der Waals surface area contributed by atoms with Gasteiger partial charge in [0.15, 0.2) is 0 Å². The van der Waals surface area contributed by atoms with E-state index in [0.29, 0.717) is 18.5 Å². The van der Waals surface area contributed by atoms with E-state index < -0.39 is 10.0 Å². The lowest BCUT2D eigenvalue weighted by molar-refractivity contribution is 0.162. The molecular formula is C7H16BrNO3S. The normalized spacial score (nSPS) is 12.3. The van der Waals surface area contributed by atoms with Gasteiger partial charge in [-0.2, -0.15) is 0 Å². The summed E-state index contributed by atoms with van der Waals surface area (Å²) in [7, 11) is -1.54. The molecular weight excluding hydrogens is 258 g/mol. The molecule has 0 fully saturated rings. The number of nitrogens with zero attached hydrogens (tertiary/aromatic N) is 1. The molecule has 6 heteroatoms. The maximum absolute atomic E-state index is 11.4. The van der Waals surface area contributed by atoms with Crippen molar-refractivity contribution in [3.05, 3.63) is 0 Å². The topological polar surface area (TPSA) is 46.6 Å². The lowest BCUT2D eigenvalue weighted by atomic mass is 10.8. The second kappa shape index (κ2) is 6.75. The van der Waals surface area contributed by atoms with E-state index in [4.69, 9.17) is 4.74 Å². The molecule has 0 aliphatic carbocycles. The van der Waals surface area contributed by atoms with Crippen LogP contribution in [0.1, 0.15) is 6.92 Å². The van der Waals surface area contributed by atoms with Crippen molar-refractivity contribution in [3.63, 3.8) is 0 Å². The first-order valence-corrected chi connectivity index (χ1v) is 6.85. The largest absolute Gasteiger partial charge is 0.381 e. The summed E-state index contributed by atoms with van der Waals surface area (Å²) in [6.45, 7) is 3.16. The van der Waals surface area contributed by atoms with Crippen molar-refractivity contribution in [1.82, 2.24) is 4.31 Å². The Balaban J connectivity index is 3.92. The van der Waals surface area contributed by atoms with Crippen LogP contribution in [0.15, 0.2) is 0 Å². The molecule has 0 radical (unpaired) electrons. The molecule has 0 aliphatic heterocycles. The van der Waals surface area contributed by atoms with E-state index in [1.54, 1.807) is 7.05 Å². The highest BCUT2D eigenvalue weighted by Gasteiger charge is 2.16. The highest BCUT2D eigenvalue weighted by Crippen LogP contribution is 1.99. The summed E-state index contributed by atoms with van der Waals surface area (Å²) in [4.78, 5) is 0. The molecule has 4 nitrogen and oxygen atoms in total. The average Bonchev–Trinajstić information content (AvgIpc) is 2.05. The maximum Gasteiger partial charge on any atom is 0.216 e. The number of ether oxygens (including phenoxy) is 1. The monoisotopic (exact) mass is 273 g/mol. The van der Waals surface area contributed by atoms with Gasteiger partial charge >= 0.3 is 0 Å². The number of sulfonamides is 1. The number of hydrogen-bond acceptors (Lipinski definition) is 3. The standard InChI is InChI=1S/C7H16BrNO3S/c1-3-12-6-7-13(10,11)9(2)5-4-8/h3-7H2,1-2H3. The summed E-state index contributed by atoms with van der Waals surface area (Å²) in [6, 6.07) is 0. The molecule has 0 bridgehead atoms. The van der Waals surface area contributed by atoms with E-state index in [1.165, 1.54) is 4.31 Å². The first kappa shape index (κ1) is 13.4. The Hall–Kier alpha value is 0.350. The van der Waals surface area contributed by atoms with Crippen molar-refractivity contribution in [2.24, 2.45) is 0 Å². The minimum atomic E-state index is -3.12. The van der Waals surface area contributed by atoms with Gasteiger partial charge in [-0.3, -0.25) is 0 Å². The third-order valence-electron chi connectivity index (χ3n) is 1.56. The van der Waals surface area contributed by atoms with E-state index in [0.717, 1.165) is 0 Å². The van der Waals surface area contributed by atoms with Crippen LogP contribution >= 0.6 is 15.9 Å². The van der Waals surface area contributed by atoms with Gasteiger partial charge in [0.2, 0.25) is 10.0 Å². The fourth-order valence-electron chi connectivity index (χ4n) is 0.723. The van der Waals surface area contributed by atoms with E-state index in [-0.39, 0.29) is 12.4 Å². The van der Waals surface area contributed by atoms with Crippen LogP contribution in [0.25, 0.3) is 0 Å². The molecule has 0 saturated carbocycles. The maximum atomic E-state index is 11.4. The quantitative estimate of drug-likeness (QED) is 0.506. The van der Waals surface area contributed by atoms with Crippen LogP contribution in [0.4, 0.5) is 0 Å². The predicted molar refractivity (Wildman–Crippen MR) is 56.7 cm³/mol. The molecule has 0 amide bonds. The van der Waals surface area contributed by atoms with E-state index in [2.05, 4.69) is 15.9 Å². The van der Waals surface area contributed by atoms with Gasteiger partial charge in [-0.15, -0.1) is 0 Å². The van der Waals surface area contributed by atoms with Crippen molar-refractivity contribution in [2.45, 2.75) is 6.92 Å². The molecule has 13 heavy (non-hydrogen) atoms. The van der Waals surface area contributed by atoms with Crippen LogP contribution in [-0.2, 0) is 14.8 Å². The smallest absolute Gasteiger partial charge is 0.216 e. The molecule has 0 saturated heterocycles. The number of hydrogen-bond donors (Lipinski definition) is 0. The van der Waals surface area contributed by atoms with E-state index in [1.807, 2.05) is 6.92 Å². The molecule has 80 valence electrons. The molecule has 0 N–H and O–H groups in total. The van der Waals surface area contributed by atoms with Crippen molar-refractivity contribution in [1.29, 1.82) is 0 Å². The number of alkyl halides is 1. The van der Waals surface area contributed by atoms with Crippen molar-refractivity contribution in [2.75, 3.05) is 37.9 Å². The zero-order chi connectivity index (χ0) is 10.3. The van der Waals surface area contributed by atoms with Crippen LogP contribution in [0.2, 0.25) is 0 Å². The fraction of sp³-hybridized carbons (Fsp3) is 1.00. The Morgan fingerprint density at radius 3 is 2.54 bits per heavy atom. The third-order valence-corrected chi connectivity index (χ3v) is 3.73. The average molecular weight is 274 g/mol. The second-order valence-electron chi connectivity index (χ2n) is 2.52. The SMILES string of the molecule is CCOCCS(=O)(=O)N(C)CCBr. The summed E-state index contributed by atoms with van der Waals surface area (Å²) in [5.74, 6) is 0.0599. The van der Waals surface area contributed by atoms with Gasteiger partial charge in [0.25, 0.3) is 0 Å². The molecule has 0 atom stereocenters. The molecule has 0 heterocycles. The minimum absolute atomic E-state index is 0.0599. The van der Waals surface area contributed by atoms with E-state index in [9.17, 15) is 8.42 Å². The van der Waals surface area contributed by atoms with Crippen LogP contribution in [-0.4, -0.2) is 50.6 Å². The Bertz CT molecular complexity index is 218. The summed E-state index contributed by atoms with van der Waals surface area (Å²) < 4.78 is 29.2. The molecule has 0 unspecified atom stereocenters.